The van der Waals surface area contributed by atoms with Crippen LogP contribution in [0.4, 0.5) is 0 Å². The highest BCUT2D eigenvalue weighted by molar-refractivity contribution is 14.0. The molecule has 2 aromatic carbocycles. The molecule has 0 amide bonds. The van der Waals surface area contributed by atoms with E-state index < -0.39 is 0 Å². The lowest BCUT2D eigenvalue weighted by atomic mass is 10.1. The maximum atomic E-state index is 5.81. The van der Waals surface area contributed by atoms with Crippen molar-refractivity contribution < 1.29 is 14.2 Å². The molecule has 0 bridgehead atoms. The molecule has 0 fully saturated rings. The molecule has 0 atom stereocenters. The monoisotopic (exact) mass is 542 g/mol. The molecule has 2 rings (SSSR count). The highest BCUT2D eigenvalue weighted by Crippen LogP contribution is 2.27. The van der Waals surface area contributed by atoms with Crippen LogP contribution in [0.15, 0.2) is 47.5 Å². The molecule has 0 aromatic heterocycles. The molecule has 0 aliphatic carbocycles. The zero-order valence-electron chi connectivity index (χ0n) is 19.1. The van der Waals surface area contributed by atoms with Crippen LogP contribution in [0.2, 0.25) is 0 Å². The van der Waals surface area contributed by atoms with Crippen molar-refractivity contribution >= 4 is 29.9 Å². The number of hydrogen-bond donors (Lipinski definition) is 2. The minimum absolute atomic E-state index is 0. The Hall–Kier alpha value is -2.20. The molecule has 172 valence electrons. The van der Waals surface area contributed by atoms with Gasteiger partial charge in [0.05, 0.1) is 14.2 Å². The van der Waals surface area contributed by atoms with E-state index in [1.165, 1.54) is 0 Å². The fourth-order valence-electron chi connectivity index (χ4n) is 2.86. The summed E-state index contributed by atoms with van der Waals surface area (Å²) in [6.45, 7) is 2.98. The summed E-state index contributed by atoms with van der Waals surface area (Å²) < 4.78 is 16.5. The molecule has 2 aromatic rings. The van der Waals surface area contributed by atoms with Crippen LogP contribution in [0, 0.1) is 0 Å². The van der Waals surface area contributed by atoms with Gasteiger partial charge in [0.25, 0.3) is 0 Å². The van der Waals surface area contributed by atoms with Crippen LogP contribution in [-0.4, -0.2) is 65.9 Å². The molecule has 0 saturated heterocycles. The predicted molar refractivity (Wildman–Crippen MR) is 137 cm³/mol. The van der Waals surface area contributed by atoms with Gasteiger partial charge in [0.2, 0.25) is 0 Å². The fraction of sp³-hybridized carbons (Fsp3) is 0.435. The number of methoxy groups -OCH3 is 2. The number of rotatable bonds is 11. The molecular weight excluding hydrogens is 507 g/mol. The Kier molecular flexibility index (Phi) is 12.8. The Balaban J connectivity index is 0.00000480. The molecule has 8 heteroatoms. The van der Waals surface area contributed by atoms with Gasteiger partial charge in [-0.25, -0.2) is 0 Å². The van der Waals surface area contributed by atoms with E-state index in [-0.39, 0.29) is 24.0 Å². The van der Waals surface area contributed by atoms with Crippen LogP contribution < -0.4 is 24.8 Å². The first-order valence-corrected chi connectivity index (χ1v) is 10.1. The van der Waals surface area contributed by atoms with Crippen LogP contribution in [-0.2, 0) is 13.0 Å². The van der Waals surface area contributed by atoms with Gasteiger partial charge in [-0.05, 0) is 55.9 Å². The van der Waals surface area contributed by atoms with Crippen molar-refractivity contribution in [1.82, 2.24) is 15.5 Å². The van der Waals surface area contributed by atoms with Crippen LogP contribution in [0.25, 0.3) is 0 Å². The van der Waals surface area contributed by atoms with Crippen LogP contribution in [0.5, 0.6) is 17.2 Å². The van der Waals surface area contributed by atoms with Crippen molar-refractivity contribution in [3.63, 3.8) is 0 Å². The molecule has 2 N–H and O–H groups in total. The van der Waals surface area contributed by atoms with Crippen molar-refractivity contribution in [3.05, 3.63) is 53.6 Å². The summed E-state index contributed by atoms with van der Waals surface area (Å²) in [6.07, 6.45) is 0.844. The van der Waals surface area contributed by atoms with Crippen molar-refractivity contribution in [2.24, 2.45) is 4.99 Å². The van der Waals surface area contributed by atoms with Crippen molar-refractivity contribution in [2.75, 3.05) is 55.1 Å². The molecule has 0 aliphatic heterocycles. The molecule has 0 aliphatic rings. The van der Waals surface area contributed by atoms with E-state index in [0.29, 0.717) is 13.2 Å². The lowest BCUT2D eigenvalue weighted by Gasteiger charge is -2.14. The number of likely N-dealkylation sites (N-methyl/N-ethyl adjacent to an activating group) is 1. The standard InChI is InChI=1S/C23H34N4O3.HI/c1-24-23(25-12-11-18-9-10-21(28-4)22(16-18)29-5)26-17-19-7-6-8-20(15-19)30-14-13-27(2)3;/h6-10,15-16H,11-14,17H2,1-5H3,(H2,24,25,26);1H. The van der Waals surface area contributed by atoms with Gasteiger partial charge < -0.3 is 29.7 Å². The summed E-state index contributed by atoms with van der Waals surface area (Å²) >= 11 is 0. The van der Waals surface area contributed by atoms with E-state index in [9.17, 15) is 0 Å². The molecular formula is C23H35IN4O3. The molecule has 0 heterocycles. The predicted octanol–water partition coefficient (Wildman–Crippen LogP) is 3.17. The number of nitrogens with zero attached hydrogens (tertiary/aromatic N) is 2. The van der Waals surface area contributed by atoms with Gasteiger partial charge in [0.15, 0.2) is 17.5 Å². The smallest absolute Gasteiger partial charge is 0.191 e. The number of halogens is 1. The van der Waals surface area contributed by atoms with Crippen molar-refractivity contribution in [3.8, 4) is 17.2 Å². The number of hydrogen-bond acceptors (Lipinski definition) is 5. The van der Waals surface area contributed by atoms with Gasteiger partial charge in [0, 0.05) is 26.7 Å². The van der Waals surface area contributed by atoms with Crippen LogP contribution in [0.3, 0.4) is 0 Å². The first-order valence-electron chi connectivity index (χ1n) is 10.1. The summed E-state index contributed by atoms with van der Waals surface area (Å²) in [5.41, 5.74) is 2.30. The maximum absolute atomic E-state index is 5.81. The molecule has 0 spiro atoms. The van der Waals surface area contributed by atoms with Gasteiger partial charge >= 0.3 is 0 Å². The van der Waals surface area contributed by atoms with Crippen molar-refractivity contribution in [1.29, 1.82) is 0 Å². The van der Waals surface area contributed by atoms with E-state index >= 15 is 0 Å². The summed E-state index contributed by atoms with van der Waals surface area (Å²) in [5.74, 6) is 3.12. The minimum Gasteiger partial charge on any atom is -0.493 e. The third-order valence-corrected chi connectivity index (χ3v) is 4.54. The van der Waals surface area contributed by atoms with E-state index in [0.717, 1.165) is 53.8 Å². The number of guanidine groups is 1. The largest absolute Gasteiger partial charge is 0.493 e. The first-order chi connectivity index (χ1) is 14.5. The molecule has 0 unspecified atom stereocenters. The Bertz CT molecular complexity index is 815. The summed E-state index contributed by atoms with van der Waals surface area (Å²) in [7, 11) is 9.13. The fourth-order valence-corrected chi connectivity index (χ4v) is 2.86. The Morgan fingerprint density at radius 1 is 0.968 bits per heavy atom. The second-order valence-corrected chi connectivity index (χ2v) is 7.09. The molecule has 7 nitrogen and oxygen atoms in total. The topological polar surface area (TPSA) is 67.4 Å². The zero-order valence-corrected chi connectivity index (χ0v) is 21.4. The normalized spacial score (nSPS) is 11.0. The van der Waals surface area contributed by atoms with E-state index in [1.54, 1.807) is 21.3 Å². The quantitative estimate of drug-likeness (QED) is 0.259. The van der Waals surface area contributed by atoms with Crippen LogP contribution >= 0.6 is 24.0 Å². The highest BCUT2D eigenvalue weighted by Gasteiger charge is 2.05. The summed E-state index contributed by atoms with van der Waals surface area (Å²) in [5, 5.41) is 6.69. The number of benzene rings is 2. The van der Waals surface area contributed by atoms with Gasteiger partial charge in [-0.1, -0.05) is 18.2 Å². The third-order valence-electron chi connectivity index (χ3n) is 4.54. The van der Waals surface area contributed by atoms with Gasteiger partial charge in [-0.3, -0.25) is 4.99 Å². The van der Waals surface area contributed by atoms with E-state index in [1.807, 2.05) is 44.4 Å². The lowest BCUT2D eigenvalue weighted by Crippen LogP contribution is -2.37. The van der Waals surface area contributed by atoms with Gasteiger partial charge in [-0.15, -0.1) is 24.0 Å². The molecule has 31 heavy (non-hydrogen) atoms. The minimum atomic E-state index is 0. The average Bonchev–Trinajstić information content (AvgIpc) is 2.76. The maximum Gasteiger partial charge on any atom is 0.191 e. The van der Waals surface area contributed by atoms with Gasteiger partial charge in [-0.2, -0.15) is 0 Å². The Labute approximate surface area is 203 Å². The first kappa shape index (κ1) is 26.8. The van der Waals surface area contributed by atoms with E-state index in [4.69, 9.17) is 14.2 Å². The Morgan fingerprint density at radius 2 is 1.74 bits per heavy atom. The number of ether oxygens (including phenoxy) is 3. The lowest BCUT2D eigenvalue weighted by molar-refractivity contribution is 0.261. The highest BCUT2D eigenvalue weighted by atomic mass is 127. The van der Waals surface area contributed by atoms with Crippen molar-refractivity contribution in [2.45, 2.75) is 13.0 Å². The summed E-state index contributed by atoms with van der Waals surface area (Å²) in [4.78, 5) is 6.40. The number of nitrogens with one attached hydrogen (secondary N) is 2. The SMILES string of the molecule is CN=C(NCCc1ccc(OC)c(OC)c1)NCc1cccc(OCCN(C)C)c1.I. The van der Waals surface area contributed by atoms with Gasteiger partial charge in [0.1, 0.15) is 12.4 Å². The molecule has 0 radical (unpaired) electrons. The van der Waals surface area contributed by atoms with E-state index in [2.05, 4.69) is 32.7 Å². The molecule has 0 saturated carbocycles. The second-order valence-electron chi connectivity index (χ2n) is 7.09. The average molecular weight is 542 g/mol. The third kappa shape index (κ3) is 9.65. The second kappa shape index (κ2) is 14.7. The van der Waals surface area contributed by atoms with Crippen LogP contribution in [0.1, 0.15) is 11.1 Å². The number of aliphatic imine (C=N–C) groups is 1. The Morgan fingerprint density at radius 3 is 2.42 bits per heavy atom. The zero-order chi connectivity index (χ0) is 21.8. The summed E-state index contributed by atoms with van der Waals surface area (Å²) in [6, 6.07) is 14.1.